The minimum absolute atomic E-state index is 0.108. The van der Waals surface area contributed by atoms with Crippen molar-refractivity contribution in [1.29, 1.82) is 0 Å². The summed E-state index contributed by atoms with van der Waals surface area (Å²) < 4.78 is 1.56. The topological polar surface area (TPSA) is 110 Å². The first-order chi connectivity index (χ1) is 12.9. The number of carboxylic acids is 1. The van der Waals surface area contributed by atoms with E-state index in [-0.39, 0.29) is 11.6 Å². The first-order valence-electron chi connectivity index (χ1n) is 8.68. The van der Waals surface area contributed by atoms with Gasteiger partial charge < -0.3 is 10.4 Å². The lowest BCUT2D eigenvalue weighted by Crippen LogP contribution is -2.42. The molecule has 0 fully saturated rings. The molecule has 2 heterocycles. The van der Waals surface area contributed by atoms with Crippen LogP contribution in [0.15, 0.2) is 36.5 Å². The van der Waals surface area contributed by atoms with E-state index in [1.54, 1.807) is 17.8 Å². The molecule has 0 saturated heterocycles. The predicted octanol–water partition coefficient (Wildman–Crippen LogP) is 2.35. The van der Waals surface area contributed by atoms with Crippen molar-refractivity contribution in [3.8, 4) is 5.69 Å². The minimum Gasteiger partial charge on any atom is -0.480 e. The zero-order chi connectivity index (χ0) is 19.6. The lowest BCUT2D eigenvalue weighted by atomic mass is 10.0. The van der Waals surface area contributed by atoms with Gasteiger partial charge in [0.1, 0.15) is 6.04 Å². The van der Waals surface area contributed by atoms with Crippen LogP contribution in [0.1, 0.15) is 36.5 Å². The molecule has 0 bridgehead atoms. The van der Waals surface area contributed by atoms with Gasteiger partial charge in [-0.15, -0.1) is 5.10 Å². The second kappa shape index (κ2) is 7.53. The number of hydrogen-bond donors (Lipinski definition) is 2. The highest BCUT2D eigenvalue weighted by atomic mass is 16.4. The van der Waals surface area contributed by atoms with Gasteiger partial charge in [0.05, 0.1) is 16.9 Å². The van der Waals surface area contributed by atoms with Crippen molar-refractivity contribution in [2.24, 2.45) is 5.92 Å². The smallest absolute Gasteiger partial charge is 0.326 e. The van der Waals surface area contributed by atoms with Crippen LogP contribution < -0.4 is 5.32 Å². The molecule has 1 atom stereocenters. The molecular weight excluding hydrogens is 346 g/mol. The molecule has 0 aliphatic heterocycles. The molecule has 0 aliphatic rings. The zero-order valence-corrected chi connectivity index (χ0v) is 15.4. The number of carbonyl (C=O) groups excluding carboxylic acids is 1. The lowest BCUT2D eigenvalue weighted by molar-refractivity contribution is -0.139. The van der Waals surface area contributed by atoms with E-state index in [4.69, 9.17) is 0 Å². The number of fused-ring (bicyclic) bond motifs is 1. The van der Waals surface area contributed by atoms with Gasteiger partial charge in [-0.1, -0.05) is 25.1 Å². The number of aromatic nitrogens is 4. The SMILES string of the molecule is Cc1c(C(=O)N[C@H](CC(C)C)C(=O)O)nnn1-c1ccc2ncccc2c1. The van der Waals surface area contributed by atoms with Crippen molar-refractivity contribution in [3.63, 3.8) is 0 Å². The second-order valence-corrected chi connectivity index (χ2v) is 6.81. The summed E-state index contributed by atoms with van der Waals surface area (Å²) in [6.07, 6.45) is 2.06. The molecule has 2 aromatic heterocycles. The van der Waals surface area contributed by atoms with Gasteiger partial charge in [0.15, 0.2) is 5.69 Å². The molecule has 8 heteroatoms. The highest BCUT2D eigenvalue weighted by Gasteiger charge is 2.25. The summed E-state index contributed by atoms with van der Waals surface area (Å²) in [6.45, 7) is 5.52. The maximum Gasteiger partial charge on any atom is 0.326 e. The number of nitrogens with zero attached hydrogens (tertiary/aromatic N) is 4. The Morgan fingerprint density at radius 3 is 2.74 bits per heavy atom. The third-order valence-electron chi connectivity index (χ3n) is 4.25. The van der Waals surface area contributed by atoms with Crippen molar-refractivity contribution in [1.82, 2.24) is 25.3 Å². The molecule has 0 aliphatic carbocycles. The first-order valence-corrected chi connectivity index (χ1v) is 8.68. The number of hydrogen-bond acceptors (Lipinski definition) is 5. The molecule has 8 nitrogen and oxygen atoms in total. The van der Waals surface area contributed by atoms with Crippen LogP contribution in [-0.2, 0) is 4.79 Å². The van der Waals surface area contributed by atoms with Crippen LogP contribution in [0.2, 0.25) is 0 Å². The molecule has 27 heavy (non-hydrogen) atoms. The van der Waals surface area contributed by atoms with Crippen LogP contribution in [-0.4, -0.2) is 43.0 Å². The number of aliphatic carboxylic acids is 1. The van der Waals surface area contributed by atoms with Gasteiger partial charge in [0.2, 0.25) is 0 Å². The van der Waals surface area contributed by atoms with Crippen molar-refractivity contribution in [2.75, 3.05) is 0 Å². The Balaban J connectivity index is 1.87. The van der Waals surface area contributed by atoms with Crippen molar-refractivity contribution in [3.05, 3.63) is 47.9 Å². The third-order valence-corrected chi connectivity index (χ3v) is 4.25. The quantitative estimate of drug-likeness (QED) is 0.692. The Kier molecular flexibility index (Phi) is 5.16. The Labute approximate surface area is 156 Å². The van der Waals surface area contributed by atoms with Crippen LogP contribution in [0, 0.1) is 12.8 Å². The van der Waals surface area contributed by atoms with Gasteiger partial charge in [0.25, 0.3) is 5.91 Å². The van der Waals surface area contributed by atoms with Gasteiger partial charge in [-0.2, -0.15) is 0 Å². The van der Waals surface area contributed by atoms with E-state index in [1.807, 2.05) is 44.2 Å². The van der Waals surface area contributed by atoms with Crippen molar-refractivity contribution < 1.29 is 14.7 Å². The normalized spacial score (nSPS) is 12.3. The maximum atomic E-state index is 12.5. The number of nitrogens with one attached hydrogen (secondary N) is 1. The summed E-state index contributed by atoms with van der Waals surface area (Å²) in [4.78, 5) is 28.2. The number of carbonyl (C=O) groups is 2. The van der Waals surface area contributed by atoms with E-state index in [9.17, 15) is 14.7 Å². The fourth-order valence-electron chi connectivity index (χ4n) is 2.90. The third kappa shape index (κ3) is 3.94. The summed E-state index contributed by atoms with van der Waals surface area (Å²) in [7, 11) is 0. The van der Waals surface area contributed by atoms with Gasteiger partial charge in [-0.3, -0.25) is 9.78 Å². The fraction of sp³-hybridized carbons (Fsp3) is 0.316. The van der Waals surface area contributed by atoms with Crippen LogP contribution in [0.25, 0.3) is 16.6 Å². The minimum atomic E-state index is -1.07. The summed E-state index contributed by atoms with van der Waals surface area (Å²) in [5, 5.41) is 20.8. The van der Waals surface area contributed by atoms with Crippen LogP contribution >= 0.6 is 0 Å². The molecule has 0 radical (unpaired) electrons. The van der Waals surface area contributed by atoms with E-state index in [1.165, 1.54) is 0 Å². The monoisotopic (exact) mass is 367 g/mol. The molecule has 0 unspecified atom stereocenters. The summed E-state index contributed by atoms with van der Waals surface area (Å²) in [5.74, 6) is -1.48. The van der Waals surface area contributed by atoms with E-state index < -0.39 is 17.9 Å². The number of amides is 1. The van der Waals surface area contributed by atoms with E-state index >= 15 is 0 Å². The Hall–Kier alpha value is -3.29. The Morgan fingerprint density at radius 2 is 2.04 bits per heavy atom. The lowest BCUT2D eigenvalue weighted by Gasteiger charge is -2.15. The van der Waals surface area contributed by atoms with Gasteiger partial charge in [0, 0.05) is 11.6 Å². The molecule has 1 amide bonds. The maximum absolute atomic E-state index is 12.5. The predicted molar refractivity (Wildman–Crippen MR) is 99.7 cm³/mol. The van der Waals surface area contributed by atoms with Gasteiger partial charge in [-0.25, -0.2) is 9.48 Å². The summed E-state index contributed by atoms with van der Waals surface area (Å²) in [5.41, 5.74) is 2.24. The molecule has 2 N–H and O–H groups in total. The summed E-state index contributed by atoms with van der Waals surface area (Å²) >= 11 is 0. The largest absolute Gasteiger partial charge is 0.480 e. The number of rotatable bonds is 6. The molecule has 3 rings (SSSR count). The second-order valence-electron chi connectivity index (χ2n) is 6.81. The average Bonchev–Trinajstić information content (AvgIpc) is 3.01. The molecule has 0 spiro atoms. The average molecular weight is 367 g/mol. The Bertz CT molecular complexity index is 996. The van der Waals surface area contributed by atoms with Crippen LogP contribution in [0.4, 0.5) is 0 Å². The van der Waals surface area contributed by atoms with Crippen molar-refractivity contribution in [2.45, 2.75) is 33.2 Å². The fourth-order valence-corrected chi connectivity index (χ4v) is 2.90. The first kappa shape index (κ1) is 18.5. The number of pyridine rings is 1. The number of carboxylic acid groups (broad SMARTS) is 1. The van der Waals surface area contributed by atoms with E-state index in [0.717, 1.165) is 16.6 Å². The molecule has 3 aromatic rings. The highest BCUT2D eigenvalue weighted by Crippen LogP contribution is 2.18. The van der Waals surface area contributed by atoms with E-state index in [0.29, 0.717) is 12.1 Å². The van der Waals surface area contributed by atoms with Crippen LogP contribution in [0.3, 0.4) is 0 Å². The molecule has 0 saturated carbocycles. The molecule has 140 valence electrons. The summed E-state index contributed by atoms with van der Waals surface area (Å²) in [6, 6.07) is 8.44. The standard InChI is InChI=1S/C19H21N5O3/c1-11(2)9-16(19(26)27)21-18(25)17-12(3)24(23-22-17)14-6-7-15-13(10-14)5-4-8-20-15/h4-8,10-11,16H,9H2,1-3H3,(H,21,25)(H,26,27)/t16-/m1/s1. The van der Waals surface area contributed by atoms with E-state index in [2.05, 4.69) is 20.6 Å². The van der Waals surface area contributed by atoms with Gasteiger partial charge in [-0.05, 0) is 43.5 Å². The van der Waals surface area contributed by atoms with Crippen molar-refractivity contribution >= 4 is 22.8 Å². The Morgan fingerprint density at radius 1 is 1.26 bits per heavy atom. The van der Waals surface area contributed by atoms with Gasteiger partial charge >= 0.3 is 5.97 Å². The number of benzene rings is 1. The zero-order valence-electron chi connectivity index (χ0n) is 15.4. The highest BCUT2D eigenvalue weighted by molar-refractivity contribution is 5.95. The van der Waals surface area contributed by atoms with Crippen LogP contribution in [0.5, 0.6) is 0 Å². The molecule has 1 aromatic carbocycles. The molecular formula is C19H21N5O3.